The lowest BCUT2D eigenvalue weighted by Gasteiger charge is -2.53. The van der Waals surface area contributed by atoms with Crippen LogP contribution in [0.4, 0.5) is 10.3 Å². The van der Waals surface area contributed by atoms with E-state index in [-0.39, 0.29) is 11.4 Å². The minimum Gasteiger partial charge on any atom is -0.337 e. The summed E-state index contributed by atoms with van der Waals surface area (Å²) >= 11 is 0. The van der Waals surface area contributed by atoms with Crippen molar-refractivity contribution in [3.8, 4) is 0 Å². The van der Waals surface area contributed by atoms with Gasteiger partial charge in [0, 0.05) is 32.0 Å². The molecule has 2 aliphatic rings. The van der Waals surface area contributed by atoms with E-state index in [1.54, 1.807) is 24.5 Å². The summed E-state index contributed by atoms with van der Waals surface area (Å²) in [5.74, 6) is 0.616. The second-order valence-corrected chi connectivity index (χ2v) is 6.45. The summed E-state index contributed by atoms with van der Waals surface area (Å²) in [5.41, 5.74) is 1.16. The summed E-state index contributed by atoms with van der Waals surface area (Å²) in [7, 11) is 0. The van der Waals surface area contributed by atoms with Crippen molar-refractivity contribution in [2.24, 2.45) is 0 Å². The molecule has 1 atom stereocenters. The Bertz CT molecular complexity index is 660. The van der Waals surface area contributed by atoms with Crippen LogP contribution < -0.4 is 4.90 Å². The number of aromatic nitrogens is 2. The lowest BCUT2D eigenvalue weighted by atomic mass is 9.78. The third-order valence-corrected chi connectivity index (χ3v) is 5.18. The molecule has 0 aliphatic carbocycles. The number of hydrogen-bond donors (Lipinski definition) is 0. The van der Waals surface area contributed by atoms with E-state index in [0.717, 1.165) is 38.5 Å². The highest BCUT2D eigenvalue weighted by Gasteiger charge is 2.44. The number of halogens is 1. The van der Waals surface area contributed by atoms with Gasteiger partial charge in [0.2, 0.25) is 5.95 Å². The van der Waals surface area contributed by atoms with E-state index in [4.69, 9.17) is 0 Å². The number of hydrogen-bond acceptors (Lipinski definition) is 4. The average Bonchev–Trinajstić information content (AvgIpc) is 2.62. The van der Waals surface area contributed by atoms with Gasteiger partial charge in [0.05, 0.1) is 5.54 Å². The van der Waals surface area contributed by atoms with E-state index in [0.29, 0.717) is 0 Å². The molecule has 4 nitrogen and oxygen atoms in total. The second kappa shape index (κ2) is 5.89. The molecule has 0 amide bonds. The Morgan fingerprint density at radius 2 is 1.74 bits per heavy atom. The summed E-state index contributed by atoms with van der Waals surface area (Å²) in [4.78, 5) is 13.7. The van der Waals surface area contributed by atoms with Crippen LogP contribution in [0, 0.1) is 5.82 Å². The fourth-order valence-corrected chi connectivity index (χ4v) is 4.04. The SMILES string of the molecule is Fc1ccc(C23CCCCN2CCN(c2ncccn2)C3)cc1. The van der Waals surface area contributed by atoms with Gasteiger partial charge in [0.15, 0.2) is 0 Å². The number of fused-ring (bicyclic) bond motifs is 1. The topological polar surface area (TPSA) is 32.3 Å². The molecular formula is C18H21FN4. The highest BCUT2D eigenvalue weighted by Crippen LogP contribution is 2.41. The largest absolute Gasteiger partial charge is 0.337 e. The molecule has 2 fully saturated rings. The van der Waals surface area contributed by atoms with Crippen molar-refractivity contribution < 1.29 is 4.39 Å². The standard InChI is InChI=1S/C18H21FN4/c19-16-6-4-15(5-7-16)18-8-1-2-11-23(18)13-12-22(14-18)17-20-9-3-10-21-17/h3-7,9-10H,1-2,8,11-14H2. The third-order valence-electron chi connectivity index (χ3n) is 5.18. The van der Waals surface area contributed by atoms with Gasteiger partial charge in [-0.15, -0.1) is 0 Å². The number of anilines is 1. The highest BCUT2D eigenvalue weighted by molar-refractivity contribution is 5.36. The van der Waals surface area contributed by atoms with Crippen LogP contribution in [-0.2, 0) is 5.54 Å². The van der Waals surface area contributed by atoms with E-state index >= 15 is 0 Å². The van der Waals surface area contributed by atoms with E-state index in [9.17, 15) is 4.39 Å². The zero-order valence-electron chi connectivity index (χ0n) is 13.2. The van der Waals surface area contributed by atoms with Crippen molar-refractivity contribution in [1.29, 1.82) is 0 Å². The van der Waals surface area contributed by atoms with Crippen LogP contribution in [0.15, 0.2) is 42.7 Å². The number of nitrogens with zero attached hydrogens (tertiary/aromatic N) is 4. The van der Waals surface area contributed by atoms with Gasteiger partial charge in [-0.25, -0.2) is 14.4 Å². The summed E-state index contributed by atoms with van der Waals surface area (Å²) in [6.45, 7) is 3.91. The van der Waals surface area contributed by atoms with Gasteiger partial charge in [0.25, 0.3) is 0 Å². The molecule has 1 unspecified atom stereocenters. The summed E-state index contributed by atoms with van der Waals surface area (Å²) in [6, 6.07) is 8.89. The summed E-state index contributed by atoms with van der Waals surface area (Å²) in [5, 5.41) is 0. The van der Waals surface area contributed by atoms with Crippen LogP contribution in [0.5, 0.6) is 0 Å². The summed E-state index contributed by atoms with van der Waals surface area (Å²) in [6.07, 6.45) is 7.13. The zero-order valence-corrected chi connectivity index (χ0v) is 13.2. The molecule has 120 valence electrons. The molecule has 4 rings (SSSR count). The molecule has 5 heteroatoms. The normalized spacial score (nSPS) is 25.2. The first-order valence-electron chi connectivity index (χ1n) is 8.31. The van der Waals surface area contributed by atoms with Crippen LogP contribution in [0.2, 0.25) is 0 Å². The van der Waals surface area contributed by atoms with Gasteiger partial charge in [-0.2, -0.15) is 0 Å². The predicted molar refractivity (Wildman–Crippen MR) is 87.7 cm³/mol. The molecule has 1 aromatic heterocycles. The first-order chi connectivity index (χ1) is 11.3. The molecule has 23 heavy (non-hydrogen) atoms. The van der Waals surface area contributed by atoms with Gasteiger partial charge in [-0.3, -0.25) is 4.90 Å². The van der Waals surface area contributed by atoms with Crippen molar-refractivity contribution in [1.82, 2.24) is 14.9 Å². The molecule has 0 saturated carbocycles. The van der Waals surface area contributed by atoms with Gasteiger partial charge in [0.1, 0.15) is 5.82 Å². The van der Waals surface area contributed by atoms with Crippen LogP contribution in [0.1, 0.15) is 24.8 Å². The smallest absolute Gasteiger partial charge is 0.225 e. The van der Waals surface area contributed by atoms with Crippen molar-refractivity contribution in [2.75, 3.05) is 31.1 Å². The van der Waals surface area contributed by atoms with E-state index < -0.39 is 0 Å². The van der Waals surface area contributed by atoms with Crippen LogP contribution in [0.25, 0.3) is 0 Å². The Kier molecular flexibility index (Phi) is 3.73. The molecule has 2 saturated heterocycles. The maximum absolute atomic E-state index is 13.4. The molecule has 0 spiro atoms. The van der Waals surface area contributed by atoms with E-state index in [1.165, 1.54) is 18.4 Å². The zero-order chi connectivity index (χ0) is 15.7. The quantitative estimate of drug-likeness (QED) is 0.853. The fourth-order valence-electron chi connectivity index (χ4n) is 4.04. The van der Waals surface area contributed by atoms with Crippen LogP contribution in [0.3, 0.4) is 0 Å². The van der Waals surface area contributed by atoms with Crippen molar-refractivity contribution in [2.45, 2.75) is 24.8 Å². The van der Waals surface area contributed by atoms with Gasteiger partial charge in [-0.05, 0) is 49.6 Å². The van der Waals surface area contributed by atoms with Gasteiger partial charge < -0.3 is 4.90 Å². The molecule has 0 bridgehead atoms. The van der Waals surface area contributed by atoms with E-state index in [1.807, 2.05) is 18.2 Å². The Hall–Kier alpha value is -2.01. The molecule has 0 radical (unpaired) electrons. The Balaban J connectivity index is 1.71. The Morgan fingerprint density at radius 1 is 0.957 bits per heavy atom. The molecule has 0 N–H and O–H groups in total. The maximum atomic E-state index is 13.4. The molecule has 2 aliphatic heterocycles. The van der Waals surface area contributed by atoms with Crippen molar-refractivity contribution in [3.05, 3.63) is 54.1 Å². The molecular weight excluding hydrogens is 291 g/mol. The van der Waals surface area contributed by atoms with Gasteiger partial charge in [-0.1, -0.05) is 12.1 Å². The first kappa shape index (κ1) is 14.6. The van der Waals surface area contributed by atoms with Gasteiger partial charge >= 0.3 is 0 Å². The minimum absolute atomic E-state index is 0.0522. The number of piperidine rings is 1. The van der Waals surface area contributed by atoms with Crippen molar-refractivity contribution in [3.63, 3.8) is 0 Å². The second-order valence-electron chi connectivity index (χ2n) is 6.45. The maximum Gasteiger partial charge on any atom is 0.225 e. The molecule has 3 heterocycles. The first-order valence-corrected chi connectivity index (χ1v) is 8.31. The van der Waals surface area contributed by atoms with E-state index in [2.05, 4.69) is 19.8 Å². The third kappa shape index (κ3) is 2.59. The van der Waals surface area contributed by atoms with Crippen molar-refractivity contribution >= 4 is 5.95 Å². The predicted octanol–water partition coefficient (Wildman–Crippen LogP) is 2.82. The lowest BCUT2D eigenvalue weighted by molar-refractivity contribution is 0.0316. The minimum atomic E-state index is -0.174. The van der Waals surface area contributed by atoms with Crippen LogP contribution >= 0.6 is 0 Å². The Morgan fingerprint density at radius 3 is 2.52 bits per heavy atom. The monoisotopic (exact) mass is 312 g/mol. The van der Waals surface area contributed by atoms with Crippen LogP contribution in [-0.4, -0.2) is 41.0 Å². The Labute approximate surface area is 136 Å². The molecule has 1 aromatic carbocycles. The fraction of sp³-hybridized carbons (Fsp3) is 0.444. The average molecular weight is 312 g/mol. The molecule has 2 aromatic rings. The summed E-state index contributed by atoms with van der Waals surface area (Å²) < 4.78 is 13.4. The number of piperazine rings is 1. The number of rotatable bonds is 2. The lowest BCUT2D eigenvalue weighted by Crippen LogP contribution is -2.62. The highest BCUT2D eigenvalue weighted by atomic mass is 19.1. The number of benzene rings is 1.